The summed E-state index contributed by atoms with van der Waals surface area (Å²) in [7, 11) is 0. The van der Waals surface area contributed by atoms with Gasteiger partial charge < -0.3 is 5.11 Å². The van der Waals surface area contributed by atoms with Crippen molar-refractivity contribution in [2.75, 3.05) is 0 Å². The van der Waals surface area contributed by atoms with E-state index in [9.17, 15) is 0 Å². The molecule has 0 saturated carbocycles. The van der Waals surface area contributed by atoms with E-state index in [1.165, 1.54) is 22.3 Å². The van der Waals surface area contributed by atoms with Gasteiger partial charge in [-0.2, -0.15) is 0 Å². The molecule has 2 aromatic carbocycles. The molecule has 0 fully saturated rings. The van der Waals surface area contributed by atoms with Gasteiger partial charge in [0.25, 0.3) is 0 Å². The number of benzene rings is 2. The number of aromatic hydroxyl groups is 1. The number of hydrogen-bond acceptors (Lipinski definition) is 1. The Balaban J connectivity index is 0.000000181. The van der Waals surface area contributed by atoms with Gasteiger partial charge in [0, 0.05) is 0 Å². The molecule has 0 aromatic heterocycles. The first-order valence-electron chi connectivity index (χ1n) is 5.79. The molecule has 0 unspecified atom stereocenters. The van der Waals surface area contributed by atoms with E-state index in [4.69, 9.17) is 5.11 Å². The minimum atomic E-state index is 0.322. The Morgan fingerprint density at radius 3 is 1.59 bits per heavy atom. The minimum Gasteiger partial charge on any atom is -0.508 e. The zero-order valence-corrected chi connectivity index (χ0v) is 11.0. The molecule has 2 aromatic rings. The fourth-order valence-electron chi connectivity index (χ4n) is 1.68. The lowest BCUT2D eigenvalue weighted by Crippen LogP contribution is -1.86. The zero-order valence-electron chi connectivity index (χ0n) is 11.0. The average molecular weight is 228 g/mol. The van der Waals surface area contributed by atoms with Gasteiger partial charge in [-0.25, -0.2) is 0 Å². The molecule has 0 saturated heterocycles. The lowest BCUT2D eigenvalue weighted by atomic mass is 10.0. The number of para-hydroxylation sites is 1. The molecule has 1 nitrogen and oxygen atoms in total. The van der Waals surface area contributed by atoms with Crippen LogP contribution in [0.4, 0.5) is 0 Å². The number of aryl methyl sites for hydroxylation is 3. The smallest absolute Gasteiger partial charge is 0.115 e. The SMILES string of the molecule is Cc1cc(C)c(C)c(C)c1.Oc1ccccc1. The van der Waals surface area contributed by atoms with Gasteiger partial charge in [0.15, 0.2) is 0 Å². The summed E-state index contributed by atoms with van der Waals surface area (Å²) in [5.74, 6) is 0.322. The van der Waals surface area contributed by atoms with Crippen LogP contribution in [0.3, 0.4) is 0 Å². The normalized spacial score (nSPS) is 9.41. The molecule has 0 aliphatic heterocycles. The Labute approximate surface area is 104 Å². The maximum Gasteiger partial charge on any atom is 0.115 e. The highest BCUT2D eigenvalue weighted by Crippen LogP contribution is 2.13. The summed E-state index contributed by atoms with van der Waals surface area (Å²) in [6, 6.07) is 13.2. The fraction of sp³-hybridized carbons (Fsp3) is 0.250. The van der Waals surface area contributed by atoms with Crippen LogP contribution in [0.25, 0.3) is 0 Å². The van der Waals surface area contributed by atoms with Crippen LogP contribution in [0, 0.1) is 27.7 Å². The van der Waals surface area contributed by atoms with E-state index < -0.39 is 0 Å². The van der Waals surface area contributed by atoms with Crippen LogP contribution in [0.15, 0.2) is 42.5 Å². The second kappa shape index (κ2) is 6.09. The van der Waals surface area contributed by atoms with Gasteiger partial charge in [-0.3, -0.25) is 0 Å². The topological polar surface area (TPSA) is 20.2 Å². The van der Waals surface area contributed by atoms with E-state index in [-0.39, 0.29) is 0 Å². The molecule has 0 aliphatic rings. The largest absolute Gasteiger partial charge is 0.508 e. The predicted molar refractivity (Wildman–Crippen MR) is 73.5 cm³/mol. The van der Waals surface area contributed by atoms with Crippen LogP contribution >= 0.6 is 0 Å². The van der Waals surface area contributed by atoms with Gasteiger partial charge in [-0.05, 0) is 56.5 Å². The van der Waals surface area contributed by atoms with Crippen molar-refractivity contribution in [1.29, 1.82) is 0 Å². The van der Waals surface area contributed by atoms with Gasteiger partial charge in [-0.1, -0.05) is 35.9 Å². The highest BCUT2D eigenvalue weighted by molar-refractivity contribution is 5.36. The lowest BCUT2D eigenvalue weighted by Gasteiger charge is -2.04. The molecule has 0 atom stereocenters. The summed E-state index contributed by atoms with van der Waals surface area (Å²) in [5.41, 5.74) is 5.58. The highest BCUT2D eigenvalue weighted by atomic mass is 16.3. The Morgan fingerprint density at radius 1 is 0.765 bits per heavy atom. The minimum absolute atomic E-state index is 0.322. The first kappa shape index (κ1) is 13.3. The zero-order chi connectivity index (χ0) is 12.8. The van der Waals surface area contributed by atoms with Crippen molar-refractivity contribution in [2.24, 2.45) is 0 Å². The highest BCUT2D eigenvalue weighted by Gasteiger charge is 1.95. The van der Waals surface area contributed by atoms with Crippen molar-refractivity contribution in [2.45, 2.75) is 27.7 Å². The van der Waals surface area contributed by atoms with Gasteiger partial charge >= 0.3 is 0 Å². The van der Waals surface area contributed by atoms with Gasteiger partial charge in [-0.15, -0.1) is 0 Å². The Kier molecular flexibility index (Phi) is 4.77. The Bertz CT molecular complexity index is 449. The van der Waals surface area contributed by atoms with Gasteiger partial charge in [0.1, 0.15) is 5.75 Å². The van der Waals surface area contributed by atoms with Crippen LogP contribution in [0.1, 0.15) is 22.3 Å². The van der Waals surface area contributed by atoms with E-state index in [2.05, 4.69) is 39.8 Å². The summed E-state index contributed by atoms with van der Waals surface area (Å²) in [5, 5.41) is 8.63. The molecule has 90 valence electrons. The maximum atomic E-state index is 8.63. The third-order valence-electron chi connectivity index (χ3n) is 2.83. The molecular weight excluding hydrogens is 208 g/mol. The molecular formula is C16H20O. The second-order valence-electron chi connectivity index (χ2n) is 4.36. The van der Waals surface area contributed by atoms with E-state index in [0.717, 1.165) is 0 Å². The molecule has 0 aliphatic carbocycles. The molecule has 1 heteroatoms. The molecule has 0 amide bonds. The van der Waals surface area contributed by atoms with E-state index in [1.807, 2.05) is 6.07 Å². The van der Waals surface area contributed by atoms with E-state index >= 15 is 0 Å². The van der Waals surface area contributed by atoms with E-state index in [0.29, 0.717) is 5.75 Å². The Morgan fingerprint density at radius 2 is 1.24 bits per heavy atom. The van der Waals surface area contributed by atoms with Gasteiger partial charge in [0.05, 0.1) is 0 Å². The number of phenolic OH excluding ortho intramolecular Hbond substituents is 1. The van der Waals surface area contributed by atoms with Crippen molar-refractivity contribution >= 4 is 0 Å². The predicted octanol–water partition coefficient (Wildman–Crippen LogP) is 4.31. The molecule has 2 rings (SSSR count). The van der Waals surface area contributed by atoms with Crippen molar-refractivity contribution < 1.29 is 5.11 Å². The summed E-state index contributed by atoms with van der Waals surface area (Å²) in [6.07, 6.45) is 0. The summed E-state index contributed by atoms with van der Waals surface area (Å²) in [6.45, 7) is 8.63. The molecule has 1 N–H and O–H groups in total. The van der Waals surface area contributed by atoms with Crippen LogP contribution in [-0.2, 0) is 0 Å². The summed E-state index contributed by atoms with van der Waals surface area (Å²) < 4.78 is 0. The standard InChI is InChI=1S/C10H14.C6H6O/c1-7-5-8(2)10(4)9(3)6-7;7-6-4-2-1-3-5-6/h5-6H,1-4H3;1-5,7H. The molecule has 0 heterocycles. The number of hydrogen-bond donors (Lipinski definition) is 1. The van der Waals surface area contributed by atoms with Crippen LogP contribution in [0.5, 0.6) is 5.75 Å². The van der Waals surface area contributed by atoms with Crippen molar-refractivity contribution in [3.8, 4) is 5.75 Å². The van der Waals surface area contributed by atoms with Gasteiger partial charge in [0.2, 0.25) is 0 Å². The average Bonchev–Trinajstić information content (AvgIpc) is 2.27. The quantitative estimate of drug-likeness (QED) is 0.712. The fourth-order valence-corrected chi connectivity index (χ4v) is 1.68. The molecule has 0 radical (unpaired) electrons. The number of rotatable bonds is 0. The summed E-state index contributed by atoms with van der Waals surface area (Å²) >= 11 is 0. The Hall–Kier alpha value is -1.76. The molecule has 0 bridgehead atoms. The van der Waals surface area contributed by atoms with Crippen molar-refractivity contribution in [3.63, 3.8) is 0 Å². The summed E-state index contributed by atoms with van der Waals surface area (Å²) in [4.78, 5) is 0. The van der Waals surface area contributed by atoms with Crippen LogP contribution in [0.2, 0.25) is 0 Å². The van der Waals surface area contributed by atoms with Crippen molar-refractivity contribution in [3.05, 3.63) is 64.7 Å². The molecule has 17 heavy (non-hydrogen) atoms. The third kappa shape index (κ3) is 4.31. The van der Waals surface area contributed by atoms with Crippen LogP contribution < -0.4 is 0 Å². The second-order valence-corrected chi connectivity index (χ2v) is 4.36. The first-order chi connectivity index (χ1) is 8.00. The molecule has 0 spiro atoms. The third-order valence-corrected chi connectivity index (χ3v) is 2.83. The monoisotopic (exact) mass is 228 g/mol. The van der Waals surface area contributed by atoms with E-state index in [1.54, 1.807) is 24.3 Å². The lowest BCUT2D eigenvalue weighted by molar-refractivity contribution is 0.475. The maximum absolute atomic E-state index is 8.63. The van der Waals surface area contributed by atoms with Crippen LogP contribution in [-0.4, -0.2) is 5.11 Å². The number of phenols is 1. The first-order valence-corrected chi connectivity index (χ1v) is 5.79. The van der Waals surface area contributed by atoms with Crippen molar-refractivity contribution in [1.82, 2.24) is 0 Å².